The second-order valence-corrected chi connectivity index (χ2v) is 8.29. The number of phenolic OH excluding ortho intramolecular Hbond substituents is 1. The second-order valence-electron chi connectivity index (χ2n) is 8.29. The van der Waals surface area contributed by atoms with Crippen LogP contribution >= 0.6 is 0 Å². The predicted molar refractivity (Wildman–Crippen MR) is 127 cm³/mol. The molecule has 2 aromatic rings. The fourth-order valence-corrected chi connectivity index (χ4v) is 3.96. The Morgan fingerprint density at radius 3 is 2.47 bits per heavy atom. The first-order valence-corrected chi connectivity index (χ1v) is 11.2. The van der Waals surface area contributed by atoms with Crippen molar-refractivity contribution < 1.29 is 34.0 Å². The molecule has 3 rings (SSSR count). The average molecular weight is 470 g/mol. The van der Waals surface area contributed by atoms with Gasteiger partial charge in [-0.1, -0.05) is 6.07 Å². The van der Waals surface area contributed by atoms with Crippen LogP contribution in [0.3, 0.4) is 0 Å². The molecular formula is C26H31NO7. The number of Topliss-reactive ketones (excluding diaryl/α,β-unsaturated/α-hetero) is 1. The molecular weight excluding hydrogens is 438 g/mol. The summed E-state index contributed by atoms with van der Waals surface area (Å²) in [5.74, 6) is -0.966. The second kappa shape index (κ2) is 10.6. The average Bonchev–Trinajstić information content (AvgIpc) is 3.04. The Morgan fingerprint density at radius 1 is 1.12 bits per heavy atom. The maximum absolute atomic E-state index is 13.1. The third kappa shape index (κ3) is 5.02. The lowest BCUT2D eigenvalue weighted by atomic mass is 9.94. The lowest BCUT2D eigenvalue weighted by Crippen LogP contribution is -2.32. The van der Waals surface area contributed by atoms with Gasteiger partial charge in [-0.2, -0.15) is 0 Å². The van der Waals surface area contributed by atoms with Crippen LogP contribution < -0.4 is 9.47 Å². The number of aliphatic hydroxyl groups excluding tert-OH is 1. The number of carbonyl (C=O) groups excluding carboxylic acids is 2. The first kappa shape index (κ1) is 25.1. The highest BCUT2D eigenvalue weighted by Gasteiger charge is 2.46. The fraction of sp³-hybridized carbons (Fsp3) is 0.385. The van der Waals surface area contributed by atoms with E-state index in [0.717, 1.165) is 5.56 Å². The number of likely N-dealkylation sites (tertiary alicyclic amines) is 1. The van der Waals surface area contributed by atoms with Crippen LogP contribution in [-0.4, -0.2) is 59.8 Å². The van der Waals surface area contributed by atoms with Crippen molar-refractivity contribution in [3.63, 3.8) is 0 Å². The van der Waals surface area contributed by atoms with Crippen LogP contribution in [0, 0.1) is 6.92 Å². The molecule has 2 aromatic carbocycles. The number of methoxy groups -OCH3 is 1. The third-order valence-corrected chi connectivity index (χ3v) is 5.49. The van der Waals surface area contributed by atoms with Crippen molar-refractivity contribution >= 4 is 17.4 Å². The first-order chi connectivity index (χ1) is 16.2. The van der Waals surface area contributed by atoms with Crippen molar-refractivity contribution in [1.29, 1.82) is 0 Å². The minimum atomic E-state index is -0.873. The fourth-order valence-electron chi connectivity index (χ4n) is 3.96. The Morgan fingerprint density at radius 2 is 1.85 bits per heavy atom. The summed E-state index contributed by atoms with van der Waals surface area (Å²) >= 11 is 0. The van der Waals surface area contributed by atoms with Gasteiger partial charge in [0.1, 0.15) is 11.5 Å². The van der Waals surface area contributed by atoms with E-state index in [2.05, 4.69) is 0 Å². The molecule has 1 heterocycles. The van der Waals surface area contributed by atoms with E-state index < -0.39 is 17.7 Å². The van der Waals surface area contributed by atoms with E-state index in [1.807, 2.05) is 20.8 Å². The highest BCUT2D eigenvalue weighted by atomic mass is 16.5. The number of aromatic hydroxyl groups is 1. The number of ketones is 1. The summed E-state index contributed by atoms with van der Waals surface area (Å²) in [5.41, 5.74) is 1.67. The van der Waals surface area contributed by atoms with Gasteiger partial charge in [0.25, 0.3) is 11.7 Å². The van der Waals surface area contributed by atoms with E-state index in [1.165, 1.54) is 18.1 Å². The molecule has 8 heteroatoms. The molecule has 0 aliphatic carbocycles. The van der Waals surface area contributed by atoms with Gasteiger partial charge in [0.15, 0.2) is 11.5 Å². The number of aryl methyl sites for hydroxylation is 1. The Hall–Kier alpha value is -3.52. The summed E-state index contributed by atoms with van der Waals surface area (Å²) in [6.07, 6.45) is -0.0155. The number of carbonyl (C=O) groups is 2. The van der Waals surface area contributed by atoms with Crippen LogP contribution in [0.4, 0.5) is 0 Å². The molecule has 0 saturated carbocycles. The summed E-state index contributed by atoms with van der Waals surface area (Å²) in [7, 11) is 1.50. The van der Waals surface area contributed by atoms with Crippen LogP contribution in [-0.2, 0) is 14.3 Å². The van der Waals surface area contributed by atoms with Crippen LogP contribution in [0.25, 0.3) is 5.76 Å². The molecule has 34 heavy (non-hydrogen) atoms. The van der Waals surface area contributed by atoms with Crippen LogP contribution in [0.15, 0.2) is 42.0 Å². The summed E-state index contributed by atoms with van der Waals surface area (Å²) in [6, 6.07) is 8.85. The monoisotopic (exact) mass is 469 g/mol. The van der Waals surface area contributed by atoms with Crippen molar-refractivity contribution in [2.45, 2.75) is 39.8 Å². The van der Waals surface area contributed by atoms with E-state index in [9.17, 15) is 19.8 Å². The maximum atomic E-state index is 13.1. The number of hydrogen-bond acceptors (Lipinski definition) is 7. The zero-order chi connectivity index (χ0) is 25.0. The standard InChI is InChI=1S/C26H31NO7/c1-6-33-21-14-17(7-9-19(21)28)23-22(25(30)26(31)27(23)11-12-32-5)24(29)18-8-10-20(16(4)13-18)34-15(2)3/h7-10,13-15,23,28-29H,6,11-12H2,1-5H3/b24-22+. The number of rotatable bonds is 9. The van der Waals surface area contributed by atoms with Gasteiger partial charge in [0.2, 0.25) is 0 Å². The van der Waals surface area contributed by atoms with Crippen LogP contribution in [0.1, 0.15) is 43.5 Å². The number of amides is 1. The van der Waals surface area contributed by atoms with E-state index >= 15 is 0 Å². The van der Waals surface area contributed by atoms with Gasteiger partial charge < -0.3 is 29.3 Å². The van der Waals surface area contributed by atoms with E-state index in [-0.39, 0.29) is 42.1 Å². The van der Waals surface area contributed by atoms with Crippen molar-refractivity contribution in [2.24, 2.45) is 0 Å². The third-order valence-electron chi connectivity index (χ3n) is 5.49. The number of ether oxygens (including phenoxy) is 3. The van der Waals surface area contributed by atoms with E-state index in [0.29, 0.717) is 23.5 Å². The lowest BCUT2D eigenvalue weighted by molar-refractivity contribution is -0.140. The maximum Gasteiger partial charge on any atom is 0.295 e. The van der Waals surface area contributed by atoms with Gasteiger partial charge >= 0.3 is 0 Å². The molecule has 182 valence electrons. The number of hydrogen-bond donors (Lipinski definition) is 2. The minimum Gasteiger partial charge on any atom is -0.507 e. The van der Waals surface area contributed by atoms with Gasteiger partial charge in [-0.3, -0.25) is 9.59 Å². The molecule has 1 aliphatic rings. The Balaban J connectivity index is 2.15. The summed E-state index contributed by atoms with van der Waals surface area (Å²) in [4.78, 5) is 27.4. The van der Waals surface area contributed by atoms with E-state index in [4.69, 9.17) is 14.2 Å². The largest absolute Gasteiger partial charge is 0.507 e. The van der Waals surface area contributed by atoms with Crippen LogP contribution in [0.2, 0.25) is 0 Å². The summed E-state index contributed by atoms with van der Waals surface area (Å²) < 4.78 is 16.4. The van der Waals surface area contributed by atoms with Crippen molar-refractivity contribution in [1.82, 2.24) is 4.90 Å². The normalized spacial score (nSPS) is 17.5. The Labute approximate surface area is 199 Å². The highest BCUT2D eigenvalue weighted by Crippen LogP contribution is 2.42. The van der Waals surface area contributed by atoms with Crippen LogP contribution in [0.5, 0.6) is 17.2 Å². The molecule has 8 nitrogen and oxygen atoms in total. The molecule has 0 spiro atoms. The first-order valence-electron chi connectivity index (χ1n) is 11.2. The molecule has 0 radical (unpaired) electrons. The van der Waals surface area contributed by atoms with Gasteiger partial charge in [0, 0.05) is 19.2 Å². The van der Waals surface area contributed by atoms with Gasteiger partial charge in [-0.25, -0.2) is 0 Å². The molecule has 0 bridgehead atoms. The van der Waals surface area contributed by atoms with Gasteiger partial charge in [-0.05, 0) is 69.2 Å². The minimum absolute atomic E-state index is 0.0155. The van der Waals surface area contributed by atoms with E-state index in [1.54, 1.807) is 37.3 Å². The van der Waals surface area contributed by atoms with Crippen molar-refractivity contribution in [3.05, 3.63) is 58.7 Å². The SMILES string of the molecule is CCOc1cc(C2/C(=C(\O)c3ccc(OC(C)C)c(C)c3)C(=O)C(=O)N2CCOC)ccc1O. The molecule has 1 aliphatic heterocycles. The smallest absolute Gasteiger partial charge is 0.295 e. The molecule has 2 N–H and O–H groups in total. The topological polar surface area (TPSA) is 106 Å². The Bertz CT molecular complexity index is 1110. The zero-order valence-electron chi connectivity index (χ0n) is 20.1. The zero-order valence-corrected chi connectivity index (χ0v) is 20.1. The van der Waals surface area contributed by atoms with Gasteiger partial charge in [-0.15, -0.1) is 0 Å². The predicted octanol–water partition coefficient (Wildman–Crippen LogP) is 3.95. The number of aliphatic hydroxyl groups is 1. The molecule has 1 fully saturated rings. The summed E-state index contributed by atoms with van der Waals surface area (Å²) in [5, 5.41) is 21.4. The van der Waals surface area contributed by atoms with Crippen molar-refractivity contribution in [3.8, 4) is 17.2 Å². The molecule has 1 amide bonds. The quantitative estimate of drug-likeness (QED) is 0.325. The number of benzene rings is 2. The molecule has 1 saturated heterocycles. The highest BCUT2D eigenvalue weighted by molar-refractivity contribution is 6.46. The molecule has 1 atom stereocenters. The number of nitrogens with zero attached hydrogens (tertiary/aromatic N) is 1. The number of phenols is 1. The van der Waals surface area contributed by atoms with Crippen molar-refractivity contribution in [2.75, 3.05) is 26.9 Å². The lowest BCUT2D eigenvalue weighted by Gasteiger charge is -2.25. The molecule has 1 unspecified atom stereocenters. The summed E-state index contributed by atoms with van der Waals surface area (Å²) in [6.45, 7) is 8.15. The van der Waals surface area contributed by atoms with Gasteiger partial charge in [0.05, 0.1) is 30.9 Å². The molecule has 0 aromatic heterocycles. The Kier molecular flexibility index (Phi) is 7.83.